The summed E-state index contributed by atoms with van der Waals surface area (Å²) in [6.07, 6.45) is 3.78. The van der Waals surface area contributed by atoms with Gasteiger partial charge in [-0.3, -0.25) is 4.99 Å². The maximum absolute atomic E-state index is 11.1. The monoisotopic (exact) mass is 262 g/mol. The van der Waals surface area contributed by atoms with Crippen LogP contribution in [0.1, 0.15) is 26.2 Å². The van der Waals surface area contributed by atoms with E-state index < -0.39 is 10.0 Å². The zero-order chi connectivity index (χ0) is 12.7. The molecule has 0 radical (unpaired) electrons. The molecule has 1 aliphatic carbocycles. The highest BCUT2D eigenvalue weighted by Gasteiger charge is 2.16. The molecule has 100 valence electrons. The fourth-order valence-corrected chi connectivity index (χ4v) is 2.08. The highest BCUT2D eigenvalue weighted by molar-refractivity contribution is 7.89. The SMILES string of the molecule is CCS(=O)(=O)NCCNC(N)=NCC1CCC1. The maximum atomic E-state index is 11.1. The van der Waals surface area contributed by atoms with Crippen molar-refractivity contribution in [2.45, 2.75) is 26.2 Å². The third kappa shape index (κ3) is 5.88. The Morgan fingerprint density at radius 2 is 2.12 bits per heavy atom. The van der Waals surface area contributed by atoms with E-state index in [0.29, 0.717) is 25.0 Å². The second-order valence-electron chi connectivity index (χ2n) is 4.25. The first-order valence-electron chi connectivity index (χ1n) is 6.04. The van der Waals surface area contributed by atoms with Gasteiger partial charge in [-0.05, 0) is 25.7 Å². The summed E-state index contributed by atoms with van der Waals surface area (Å²) in [7, 11) is -3.11. The number of sulfonamides is 1. The van der Waals surface area contributed by atoms with Crippen LogP contribution in [0.3, 0.4) is 0 Å². The fraction of sp³-hybridized carbons (Fsp3) is 0.900. The van der Waals surface area contributed by atoms with Crippen LogP contribution >= 0.6 is 0 Å². The van der Waals surface area contributed by atoms with Crippen LogP contribution in [0, 0.1) is 5.92 Å². The van der Waals surface area contributed by atoms with Crippen LogP contribution in [0.5, 0.6) is 0 Å². The number of aliphatic imine (C=N–C) groups is 1. The summed E-state index contributed by atoms with van der Waals surface area (Å²) in [5.41, 5.74) is 5.64. The summed E-state index contributed by atoms with van der Waals surface area (Å²) in [5.74, 6) is 1.18. The molecule has 0 aromatic carbocycles. The van der Waals surface area contributed by atoms with Crippen molar-refractivity contribution in [3.05, 3.63) is 0 Å². The molecule has 0 aromatic heterocycles. The van der Waals surface area contributed by atoms with Crippen LogP contribution in [0.4, 0.5) is 0 Å². The molecule has 0 saturated heterocycles. The first-order chi connectivity index (χ1) is 8.03. The van der Waals surface area contributed by atoms with E-state index in [4.69, 9.17) is 5.73 Å². The Hall–Kier alpha value is -0.820. The lowest BCUT2D eigenvalue weighted by Crippen LogP contribution is -2.39. The Morgan fingerprint density at radius 3 is 2.65 bits per heavy atom. The van der Waals surface area contributed by atoms with Crippen LogP contribution in [0.2, 0.25) is 0 Å². The summed E-state index contributed by atoms with van der Waals surface area (Å²) < 4.78 is 24.7. The van der Waals surface area contributed by atoms with Crippen molar-refractivity contribution in [1.29, 1.82) is 0 Å². The molecule has 0 aromatic rings. The standard InChI is InChI=1S/C10H22N4O2S/c1-2-17(15,16)14-7-6-12-10(11)13-8-9-4-3-5-9/h9,14H,2-8H2,1H3,(H3,11,12,13). The van der Waals surface area contributed by atoms with Crippen molar-refractivity contribution in [1.82, 2.24) is 10.0 Å². The Bertz CT molecular complexity index is 349. The molecule has 17 heavy (non-hydrogen) atoms. The van der Waals surface area contributed by atoms with Gasteiger partial charge in [-0.25, -0.2) is 13.1 Å². The van der Waals surface area contributed by atoms with Crippen LogP contribution < -0.4 is 15.8 Å². The number of nitrogens with one attached hydrogen (secondary N) is 2. The van der Waals surface area contributed by atoms with Crippen molar-refractivity contribution < 1.29 is 8.42 Å². The molecule has 0 heterocycles. The van der Waals surface area contributed by atoms with Crippen LogP contribution in [-0.2, 0) is 10.0 Å². The Morgan fingerprint density at radius 1 is 1.41 bits per heavy atom. The van der Waals surface area contributed by atoms with Crippen molar-refractivity contribution in [3.8, 4) is 0 Å². The van der Waals surface area contributed by atoms with Crippen molar-refractivity contribution >= 4 is 16.0 Å². The van der Waals surface area contributed by atoms with E-state index >= 15 is 0 Å². The second-order valence-corrected chi connectivity index (χ2v) is 6.34. The Balaban J connectivity index is 2.08. The van der Waals surface area contributed by atoms with Crippen molar-refractivity contribution in [2.24, 2.45) is 16.6 Å². The number of guanidine groups is 1. The van der Waals surface area contributed by atoms with Gasteiger partial charge in [0.05, 0.1) is 5.75 Å². The van der Waals surface area contributed by atoms with Gasteiger partial charge in [0.2, 0.25) is 10.0 Å². The average Bonchev–Trinajstić information content (AvgIpc) is 2.22. The molecule has 1 rings (SSSR count). The van der Waals surface area contributed by atoms with Gasteiger partial charge in [-0.15, -0.1) is 0 Å². The molecule has 4 N–H and O–H groups in total. The van der Waals surface area contributed by atoms with Gasteiger partial charge in [0, 0.05) is 19.6 Å². The van der Waals surface area contributed by atoms with E-state index in [1.165, 1.54) is 19.3 Å². The Kier molecular flexibility index (Phi) is 5.70. The first kappa shape index (κ1) is 14.2. The van der Waals surface area contributed by atoms with Crippen LogP contribution in [0.15, 0.2) is 4.99 Å². The highest BCUT2D eigenvalue weighted by Crippen LogP contribution is 2.26. The minimum atomic E-state index is -3.11. The zero-order valence-corrected chi connectivity index (χ0v) is 11.1. The largest absolute Gasteiger partial charge is 0.370 e. The highest BCUT2D eigenvalue weighted by atomic mass is 32.2. The summed E-state index contributed by atoms with van der Waals surface area (Å²) in [4.78, 5) is 4.21. The third-order valence-electron chi connectivity index (χ3n) is 2.88. The van der Waals surface area contributed by atoms with E-state index in [1.54, 1.807) is 6.92 Å². The number of rotatable bonds is 7. The summed E-state index contributed by atoms with van der Waals surface area (Å²) in [6.45, 7) is 3.17. The predicted molar refractivity (Wildman–Crippen MR) is 69.3 cm³/mol. The van der Waals surface area contributed by atoms with E-state index in [-0.39, 0.29) is 5.75 Å². The number of nitrogens with two attached hydrogens (primary N) is 1. The summed E-state index contributed by atoms with van der Waals surface area (Å²) in [5, 5.41) is 2.88. The second kappa shape index (κ2) is 6.80. The molecule has 0 atom stereocenters. The molecule has 0 unspecified atom stereocenters. The summed E-state index contributed by atoms with van der Waals surface area (Å²) in [6, 6.07) is 0. The van der Waals surface area contributed by atoms with Crippen LogP contribution in [0.25, 0.3) is 0 Å². The van der Waals surface area contributed by atoms with Gasteiger partial charge in [-0.2, -0.15) is 0 Å². The molecule has 7 heteroatoms. The molecule has 0 amide bonds. The van der Waals surface area contributed by atoms with E-state index in [9.17, 15) is 8.42 Å². The number of nitrogens with zero attached hydrogens (tertiary/aromatic N) is 1. The average molecular weight is 262 g/mol. The smallest absolute Gasteiger partial charge is 0.211 e. The quantitative estimate of drug-likeness (QED) is 0.331. The minimum absolute atomic E-state index is 0.0955. The lowest BCUT2D eigenvalue weighted by molar-refractivity contribution is 0.326. The minimum Gasteiger partial charge on any atom is -0.370 e. The lowest BCUT2D eigenvalue weighted by atomic mass is 9.86. The van der Waals surface area contributed by atoms with Gasteiger partial charge < -0.3 is 11.1 Å². The molecule has 0 spiro atoms. The predicted octanol–water partition coefficient (Wildman–Crippen LogP) is -0.370. The topological polar surface area (TPSA) is 96.6 Å². The molecular formula is C10H22N4O2S. The number of hydrogen-bond acceptors (Lipinski definition) is 3. The summed E-state index contributed by atoms with van der Waals surface area (Å²) >= 11 is 0. The third-order valence-corrected chi connectivity index (χ3v) is 4.28. The van der Waals surface area contributed by atoms with Crippen LogP contribution in [-0.4, -0.2) is 39.8 Å². The van der Waals surface area contributed by atoms with Gasteiger partial charge in [0.15, 0.2) is 5.96 Å². The molecule has 0 aliphatic heterocycles. The van der Waals surface area contributed by atoms with Gasteiger partial charge in [0.25, 0.3) is 0 Å². The molecule has 1 fully saturated rings. The van der Waals surface area contributed by atoms with Gasteiger partial charge in [0.1, 0.15) is 0 Å². The molecule has 6 nitrogen and oxygen atoms in total. The molecular weight excluding hydrogens is 240 g/mol. The van der Waals surface area contributed by atoms with Crippen molar-refractivity contribution in [3.63, 3.8) is 0 Å². The zero-order valence-electron chi connectivity index (χ0n) is 10.3. The molecule has 0 bridgehead atoms. The van der Waals surface area contributed by atoms with Gasteiger partial charge >= 0.3 is 0 Å². The first-order valence-corrected chi connectivity index (χ1v) is 7.70. The normalized spacial score (nSPS) is 17.8. The van der Waals surface area contributed by atoms with Crippen molar-refractivity contribution in [2.75, 3.05) is 25.4 Å². The number of hydrogen-bond donors (Lipinski definition) is 3. The van der Waals surface area contributed by atoms with Gasteiger partial charge in [-0.1, -0.05) is 6.42 Å². The van der Waals surface area contributed by atoms with E-state index in [0.717, 1.165) is 6.54 Å². The van der Waals surface area contributed by atoms with E-state index in [2.05, 4.69) is 15.0 Å². The molecule has 1 aliphatic rings. The van der Waals surface area contributed by atoms with E-state index in [1.807, 2.05) is 0 Å². The fourth-order valence-electron chi connectivity index (χ4n) is 1.46. The maximum Gasteiger partial charge on any atom is 0.211 e. The lowest BCUT2D eigenvalue weighted by Gasteiger charge is -2.23. The molecule has 1 saturated carbocycles. The Labute approximate surface area is 103 Å².